The summed E-state index contributed by atoms with van der Waals surface area (Å²) in [5, 5.41) is 33.1. The van der Waals surface area contributed by atoms with E-state index in [1.165, 1.54) is 12.8 Å². The van der Waals surface area contributed by atoms with Gasteiger partial charge in [0, 0.05) is 47.7 Å². The van der Waals surface area contributed by atoms with Crippen molar-refractivity contribution in [2.45, 2.75) is 81.0 Å². The second kappa shape index (κ2) is 10.3. The number of carboxylic acid groups (broad SMARTS) is 2. The number of hydrogen-bond acceptors (Lipinski definition) is 7. The van der Waals surface area contributed by atoms with E-state index in [0.717, 1.165) is 55.8 Å². The second-order valence-electron chi connectivity index (χ2n) is 11.1. The maximum atomic E-state index is 12.0. The van der Waals surface area contributed by atoms with Crippen LogP contribution in [0.25, 0.3) is 0 Å². The molecule has 1 aromatic rings. The molecule has 4 N–H and O–H groups in total. The number of nitrogens with one attached hydrogen (secondary N) is 1. The van der Waals surface area contributed by atoms with E-state index >= 15 is 0 Å². The molecule has 0 unspecified atom stereocenters. The molecular formula is C26H36Cl2N2O7. The summed E-state index contributed by atoms with van der Waals surface area (Å²) in [7, 11) is 1.64. The molecule has 2 saturated carbocycles. The Balaban J connectivity index is 0.00000160. The van der Waals surface area contributed by atoms with Gasteiger partial charge in [-0.3, -0.25) is 19.8 Å². The number of carboxylic acids is 2. The van der Waals surface area contributed by atoms with Crippen LogP contribution < -0.4 is 14.8 Å². The number of hydrogen-bond donors (Lipinski definition) is 4. The molecule has 2 bridgehead atoms. The van der Waals surface area contributed by atoms with Gasteiger partial charge in [-0.15, -0.1) is 24.8 Å². The highest BCUT2D eigenvalue weighted by Crippen LogP contribution is 2.65. The van der Waals surface area contributed by atoms with Gasteiger partial charge in [-0.25, -0.2) is 0 Å². The highest BCUT2D eigenvalue weighted by Gasteiger charge is 2.66. The molecule has 1 aromatic carbocycles. The van der Waals surface area contributed by atoms with Gasteiger partial charge in [-0.05, 0) is 63.3 Å². The third-order valence-electron chi connectivity index (χ3n) is 9.29. The van der Waals surface area contributed by atoms with Crippen LogP contribution in [0, 0.1) is 11.8 Å². The summed E-state index contributed by atoms with van der Waals surface area (Å²) in [5.74, 6) is 0.388. The number of likely N-dealkylation sites (tertiary alicyclic amines) is 1. The average Bonchev–Trinajstić information content (AvgIpc) is 3.57. The first-order chi connectivity index (χ1) is 16.8. The van der Waals surface area contributed by atoms with Gasteiger partial charge in [-0.1, -0.05) is 0 Å². The summed E-state index contributed by atoms with van der Waals surface area (Å²) in [5.41, 5.74) is 1.87. The SMILES string of the molecule is COc1cc(O)c2c3c1C[C@@H]1[C@@H]4CC[C@@H](N[C@@H](CCC(=O)O)C(=O)O)[C@H](O2)[C@]34CCN1CC1CC1.Cl.Cl. The molecule has 2 heterocycles. The number of aliphatic carboxylic acids is 2. The summed E-state index contributed by atoms with van der Waals surface area (Å²) in [6.45, 7) is 2.09. The Kier molecular flexibility index (Phi) is 7.83. The number of piperidine rings is 1. The van der Waals surface area contributed by atoms with Crippen LogP contribution in [0.15, 0.2) is 6.07 Å². The third kappa shape index (κ3) is 4.41. The zero-order chi connectivity index (χ0) is 24.5. The molecule has 0 amide bonds. The summed E-state index contributed by atoms with van der Waals surface area (Å²) >= 11 is 0. The molecule has 206 valence electrons. The molecule has 37 heavy (non-hydrogen) atoms. The Morgan fingerprint density at radius 3 is 2.65 bits per heavy atom. The zero-order valence-corrected chi connectivity index (χ0v) is 22.5. The van der Waals surface area contributed by atoms with E-state index in [-0.39, 0.29) is 61.0 Å². The Hall–Kier alpha value is -1.94. The first-order valence-electron chi connectivity index (χ1n) is 12.9. The molecule has 3 aliphatic carbocycles. The Labute approximate surface area is 228 Å². The van der Waals surface area contributed by atoms with Crippen molar-refractivity contribution < 1.29 is 34.4 Å². The molecule has 6 rings (SSSR count). The Bertz CT molecular complexity index is 1070. The van der Waals surface area contributed by atoms with E-state index in [1.807, 2.05) is 0 Å². The fraction of sp³-hybridized carbons (Fsp3) is 0.692. The van der Waals surface area contributed by atoms with Crippen molar-refractivity contribution in [2.75, 3.05) is 20.2 Å². The summed E-state index contributed by atoms with van der Waals surface area (Å²) < 4.78 is 12.3. The minimum Gasteiger partial charge on any atom is -0.504 e. The number of rotatable bonds is 9. The molecule has 6 atom stereocenters. The monoisotopic (exact) mass is 558 g/mol. The van der Waals surface area contributed by atoms with E-state index < -0.39 is 18.0 Å². The largest absolute Gasteiger partial charge is 0.504 e. The molecule has 0 aromatic heterocycles. The van der Waals surface area contributed by atoms with Crippen LogP contribution in [0.5, 0.6) is 17.2 Å². The highest BCUT2D eigenvalue weighted by molar-refractivity contribution is 5.85. The van der Waals surface area contributed by atoms with Crippen molar-refractivity contribution in [3.63, 3.8) is 0 Å². The number of halogens is 2. The van der Waals surface area contributed by atoms with Gasteiger partial charge >= 0.3 is 11.9 Å². The molecular weight excluding hydrogens is 523 g/mol. The van der Waals surface area contributed by atoms with Crippen LogP contribution >= 0.6 is 24.8 Å². The first-order valence-corrected chi connectivity index (χ1v) is 12.9. The summed E-state index contributed by atoms with van der Waals surface area (Å²) in [6.07, 6.45) is 5.55. The number of methoxy groups -OCH3 is 1. The van der Waals surface area contributed by atoms with Crippen molar-refractivity contribution in [3.05, 3.63) is 17.2 Å². The summed E-state index contributed by atoms with van der Waals surface area (Å²) in [6, 6.07) is 0.808. The van der Waals surface area contributed by atoms with Crippen molar-refractivity contribution in [1.82, 2.24) is 10.2 Å². The predicted octanol–water partition coefficient (Wildman–Crippen LogP) is 2.97. The lowest BCUT2D eigenvalue weighted by Gasteiger charge is -2.60. The van der Waals surface area contributed by atoms with Crippen molar-refractivity contribution in [3.8, 4) is 17.2 Å². The fourth-order valence-corrected chi connectivity index (χ4v) is 7.69. The third-order valence-corrected chi connectivity index (χ3v) is 9.29. The highest BCUT2D eigenvalue weighted by atomic mass is 35.5. The van der Waals surface area contributed by atoms with E-state index in [4.69, 9.17) is 14.6 Å². The van der Waals surface area contributed by atoms with Crippen LogP contribution in [0.1, 0.15) is 56.1 Å². The lowest BCUT2D eigenvalue weighted by atomic mass is 9.51. The molecule has 0 radical (unpaired) electrons. The quantitative estimate of drug-likeness (QED) is 0.361. The molecule has 5 aliphatic rings. The van der Waals surface area contributed by atoms with Gasteiger partial charge in [0.25, 0.3) is 0 Å². The number of phenolic OH excluding ortho intramolecular Hbond substituents is 1. The topological polar surface area (TPSA) is 129 Å². The standard InChI is InChI=1S/C26H34N2O7.2ClH/c1-34-20-11-19(29)23-22-14(20)10-18-15-4-5-16(27-17(25(32)33)6-7-21(30)31)24(35-23)26(15,22)8-9-28(18)12-13-2-3-13;;/h11,13,15-18,24,27,29H,2-10,12H2,1H3,(H,30,31)(H,32,33);2*1H/t15-,16+,17-,18+,24-,26-;;/m0../s1. The van der Waals surface area contributed by atoms with Gasteiger partial charge in [0.05, 0.1) is 7.11 Å². The van der Waals surface area contributed by atoms with Crippen LogP contribution in [-0.2, 0) is 21.4 Å². The van der Waals surface area contributed by atoms with E-state index in [1.54, 1.807) is 13.2 Å². The smallest absolute Gasteiger partial charge is 0.320 e. The average molecular weight is 559 g/mol. The van der Waals surface area contributed by atoms with Crippen molar-refractivity contribution >= 4 is 36.8 Å². The molecule has 3 fully saturated rings. The van der Waals surface area contributed by atoms with Gasteiger partial charge < -0.3 is 24.8 Å². The number of phenols is 1. The molecule has 2 aliphatic heterocycles. The minimum atomic E-state index is -1.05. The molecule has 9 nitrogen and oxygen atoms in total. The van der Waals surface area contributed by atoms with Crippen LogP contribution in [0.4, 0.5) is 0 Å². The number of nitrogens with zero attached hydrogens (tertiary/aromatic N) is 1. The van der Waals surface area contributed by atoms with Gasteiger partial charge in [0.1, 0.15) is 17.9 Å². The number of ether oxygens (including phenoxy) is 2. The number of benzene rings is 1. The predicted molar refractivity (Wildman–Crippen MR) is 140 cm³/mol. The van der Waals surface area contributed by atoms with E-state index in [2.05, 4.69) is 10.2 Å². The fourth-order valence-electron chi connectivity index (χ4n) is 7.69. The molecule has 11 heteroatoms. The zero-order valence-electron chi connectivity index (χ0n) is 20.9. The maximum Gasteiger partial charge on any atom is 0.320 e. The van der Waals surface area contributed by atoms with Gasteiger partial charge in [-0.2, -0.15) is 0 Å². The van der Waals surface area contributed by atoms with E-state index in [0.29, 0.717) is 23.5 Å². The lowest BCUT2D eigenvalue weighted by Crippen LogP contribution is -2.69. The maximum absolute atomic E-state index is 12.0. The van der Waals surface area contributed by atoms with Crippen molar-refractivity contribution in [2.24, 2.45) is 11.8 Å². The van der Waals surface area contributed by atoms with Crippen LogP contribution in [0.2, 0.25) is 0 Å². The Morgan fingerprint density at radius 1 is 1.24 bits per heavy atom. The van der Waals surface area contributed by atoms with Gasteiger partial charge in [0.15, 0.2) is 11.5 Å². The second-order valence-corrected chi connectivity index (χ2v) is 11.1. The minimum absolute atomic E-state index is 0. The van der Waals surface area contributed by atoms with Crippen LogP contribution in [-0.4, -0.2) is 76.6 Å². The molecule has 1 spiro atoms. The number of aromatic hydroxyl groups is 1. The lowest BCUT2D eigenvalue weighted by molar-refractivity contribution is -0.141. The Morgan fingerprint density at radius 2 is 2.00 bits per heavy atom. The summed E-state index contributed by atoms with van der Waals surface area (Å²) in [4.78, 5) is 25.7. The molecule has 1 saturated heterocycles. The van der Waals surface area contributed by atoms with Crippen molar-refractivity contribution in [1.29, 1.82) is 0 Å². The van der Waals surface area contributed by atoms with Gasteiger partial charge in [0.2, 0.25) is 0 Å². The normalized spacial score (nSPS) is 31.7. The first kappa shape index (κ1) is 28.1. The van der Waals surface area contributed by atoms with Crippen LogP contribution in [0.3, 0.4) is 0 Å². The van der Waals surface area contributed by atoms with E-state index in [9.17, 15) is 19.8 Å². The number of carbonyl (C=O) groups is 2.